The van der Waals surface area contributed by atoms with E-state index in [4.69, 9.17) is 5.73 Å². The summed E-state index contributed by atoms with van der Waals surface area (Å²) in [6.45, 7) is 6.43. The van der Waals surface area contributed by atoms with Gasteiger partial charge in [0.15, 0.2) is 0 Å². The molecule has 3 heteroatoms. The van der Waals surface area contributed by atoms with Crippen molar-refractivity contribution in [1.29, 1.82) is 0 Å². The van der Waals surface area contributed by atoms with Gasteiger partial charge in [-0.2, -0.15) is 5.10 Å². The number of aromatic nitrogens is 2. The predicted molar refractivity (Wildman–Crippen MR) is 79.1 cm³/mol. The molecule has 2 aromatic rings. The zero-order chi connectivity index (χ0) is 14.0. The molecule has 1 heterocycles. The third kappa shape index (κ3) is 2.87. The third-order valence-electron chi connectivity index (χ3n) is 3.74. The first-order valence-corrected chi connectivity index (χ1v) is 6.86. The zero-order valence-electron chi connectivity index (χ0n) is 12.3. The van der Waals surface area contributed by atoms with Gasteiger partial charge in [-0.25, -0.2) is 0 Å². The second-order valence-corrected chi connectivity index (χ2v) is 5.24. The molecule has 0 saturated carbocycles. The Hall–Kier alpha value is -1.61. The van der Waals surface area contributed by atoms with Crippen LogP contribution in [-0.2, 0) is 19.9 Å². The van der Waals surface area contributed by atoms with E-state index in [2.05, 4.69) is 50.3 Å². The Bertz CT molecular complexity index is 549. The topological polar surface area (TPSA) is 43.8 Å². The highest BCUT2D eigenvalue weighted by molar-refractivity contribution is 5.35. The molecule has 2 rings (SSSR count). The average molecular weight is 257 g/mol. The number of aryl methyl sites for hydroxylation is 4. The fourth-order valence-electron chi connectivity index (χ4n) is 2.64. The molecule has 1 atom stereocenters. The Morgan fingerprint density at radius 2 is 1.89 bits per heavy atom. The molecule has 1 aromatic heterocycles. The summed E-state index contributed by atoms with van der Waals surface area (Å²) in [6, 6.07) is 6.42. The highest BCUT2D eigenvalue weighted by atomic mass is 15.3. The minimum absolute atomic E-state index is 0.0171. The second-order valence-electron chi connectivity index (χ2n) is 5.24. The Kier molecular flexibility index (Phi) is 4.05. The van der Waals surface area contributed by atoms with Crippen molar-refractivity contribution >= 4 is 0 Å². The molecular formula is C16H23N3. The Balaban J connectivity index is 2.28. The second kappa shape index (κ2) is 5.57. The molecule has 0 bridgehead atoms. The van der Waals surface area contributed by atoms with Gasteiger partial charge in [-0.05, 0) is 43.4 Å². The number of hydrogen-bond donors (Lipinski definition) is 1. The highest BCUT2D eigenvalue weighted by Gasteiger charge is 2.16. The number of benzene rings is 1. The van der Waals surface area contributed by atoms with Crippen molar-refractivity contribution < 1.29 is 0 Å². The smallest absolute Gasteiger partial charge is 0.0669 e. The van der Waals surface area contributed by atoms with Gasteiger partial charge < -0.3 is 5.73 Å². The van der Waals surface area contributed by atoms with Crippen LogP contribution in [0.1, 0.15) is 40.9 Å². The van der Waals surface area contributed by atoms with Crippen molar-refractivity contribution in [2.24, 2.45) is 12.8 Å². The van der Waals surface area contributed by atoms with Gasteiger partial charge in [0.2, 0.25) is 0 Å². The average Bonchev–Trinajstić information content (AvgIpc) is 2.75. The van der Waals surface area contributed by atoms with Crippen LogP contribution in [0.3, 0.4) is 0 Å². The summed E-state index contributed by atoms with van der Waals surface area (Å²) in [5, 5.41) is 4.47. The van der Waals surface area contributed by atoms with Crippen LogP contribution >= 0.6 is 0 Å². The SMILES string of the molecule is CCc1nn(C)cc1C(N)Cc1c(C)cccc1C. The van der Waals surface area contributed by atoms with E-state index in [-0.39, 0.29) is 6.04 Å². The van der Waals surface area contributed by atoms with Gasteiger partial charge in [-0.15, -0.1) is 0 Å². The number of rotatable bonds is 4. The molecule has 0 aliphatic heterocycles. The van der Waals surface area contributed by atoms with Crippen molar-refractivity contribution in [3.8, 4) is 0 Å². The maximum absolute atomic E-state index is 6.40. The van der Waals surface area contributed by atoms with Crippen LogP contribution in [0.25, 0.3) is 0 Å². The van der Waals surface area contributed by atoms with Crippen LogP contribution < -0.4 is 5.73 Å². The lowest BCUT2D eigenvalue weighted by Gasteiger charge is -2.15. The Morgan fingerprint density at radius 1 is 1.26 bits per heavy atom. The first kappa shape index (κ1) is 13.8. The number of nitrogens with two attached hydrogens (primary N) is 1. The first-order chi connectivity index (χ1) is 9.02. The van der Waals surface area contributed by atoms with Crippen molar-refractivity contribution in [3.05, 3.63) is 52.3 Å². The van der Waals surface area contributed by atoms with Gasteiger partial charge in [0.25, 0.3) is 0 Å². The van der Waals surface area contributed by atoms with E-state index < -0.39 is 0 Å². The fraction of sp³-hybridized carbons (Fsp3) is 0.438. The van der Waals surface area contributed by atoms with Gasteiger partial charge in [-0.3, -0.25) is 4.68 Å². The first-order valence-electron chi connectivity index (χ1n) is 6.86. The molecule has 0 aliphatic carbocycles. The van der Waals surface area contributed by atoms with Gasteiger partial charge in [0.1, 0.15) is 0 Å². The fourth-order valence-corrected chi connectivity index (χ4v) is 2.64. The molecule has 1 unspecified atom stereocenters. The molecule has 0 radical (unpaired) electrons. The quantitative estimate of drug-likeness (QED) is 0.915. The molecule has 102 valence electrons. The summed E-state index contributed by atoms with van der Waals surface area (Å²) in [7, 11) is 1.95. The standard InChI is InChI=1S/C16H23N3/c1-5-16-14(10-19(4)18-16)15(17)9-13-11(2)7-6-8-12(13)3/h6-8,10,15H,5,9,17H2,1-4H3. The van der Waals surface area contributed by atoms with Crippen LogP contribution in [0, 0.1) is 13.8 Å². The maximum atomic E-state index is 6.40. The van der Waals surface area contributed by atoms with E-state index in [9.17, 15) is 0 Å². The van der Waals surface area contributed by atoms with Gasteiger partial charge >= 0.3 is 0 Å². The van der Waals surface area contributed by atoms with Crippen LogP contribution in [0.5, 0.6) is 0 Å². The summed E-state index contributed by atoms with van der Waals surface area (Å²) in [6.07, 6.45) is 3.85. The van der Waals surface area contributed by atoms with E-state index in [1.807, 2.05) is 11.7 Å². The molecule has 0 spiro atoms. The Labute approximate surface area is 115 Å². The molecule has 3 nitrogen and oxygen atoms in total. The summed E-state index contributed by atoms with van der Waals surface area (Å²) < 4.78 is 1.86. The third-order valence-corrected chi connectivity index (χ3v) is 3.74. The van der Waals surface area contributed by atoms with Crippen LogP contribution in [0.15, 0.2) is 24.4 Å². The largest absolute Gasteiger partial charge is 0.324 e. The monoisotopic (exact) mass is 257 g/mol. The van der Waals surface area contributed by atoms with Crippen LogP contribution in [-0.4, -0.2) is 9.78 Å². The molecule has 0 amide bonds. The summed E-state index contributed by atoms with van der Waals surface area (Å²) in [5.41, 5.74) is 12.7. The van der Waals surface area contributed by atoms with Gasteiger partial charge in [0, 0.05) is 24.8 Å². The number of hydrogen-bond acceptors (Lipinski definition) is 2. The maximum Gasteiger partial charge on any atom is 0.0669 e. The Morgan fingerprint density at radius 3 is 2.47 bits per heavy atom. The van der Waals surface area contributed by atoms with E-state index in [1.54, 1.807) is 0 Å². The van der Waals surface area contributed by atoms with E-state index >= 15 is 0 Å². The van der Waals surface area contributed by atoms with Crippen LogP contribution in [0.2, 0.25) is 0 Å². The lowest BCUT2D eigenvalue weighted by Crippen LogP contribution is -2.15. The van der Waals surface area contributed by atoms with E-state index in [0.717, 1.165) is 18.5 Å². The highest BCUT2D eigenvalue weighted by Crippen LogP contribution is 2.23. The molecule has 2 N–H and O–H groups in total. The van der Waals surface area contributed by atoms with Gasteiger partial charge in [-0.1, -0.05) is 25.1 Å². The minimum atomic E-state index is 0.0171. The van der Waals surface area contributed by atoms with Crippen LogP contribution in [0.4, 0.5) is 0 Å². The van der Waals surface area contributed by atoms with E-state index in [0.29, 0.717) is 0 Å². The molecule has 0 saturated heterocycles. The molecule has 0 aliphatic rings. The number of nitrogens with zero attached hydrogens (tertiary/aromatic N) is 2. The van der Waals surface area contributed by atoms with Crippen molar-refractivity contribution in [2.75, 3.05) is 0 Å². The normalized spacial score (nSPS) is 12.7. The van der Waals surface area contributed by atoms with Crippen molar-refractivity contribution in [3.63, 3.8) is 0 Å². The van der Waals surface area contributed by atoms with Gasteiger partial charge in [0.05, 0.1) is 5.69 Å². The lowest BCUT2D eigenvalue weighted by atomic mass is 9.93. The van der Waals surface area contributed by atoms with Crippen molar-refractivity contribution in [2.45, 2.75) is 39.7 Å². The molecular weight excluding hydrogens is 234 g/mol. The lowest BCUT2D eigenvalue weighted by molar-refractivity contribution is 0.706. The summed E-state index contributed by atoms with van der Waals surface area (Å²) in [5.74, 6) is 0. The minimum Gasteiger partial charge on any atom is -0.324 e. The molecule has 1 aromatic carbocycles. The zero-order valence-corrected chi connectivity index (χ0v) is 12.3. The van der Waals surface area contributed by atoms with Crippen molar-refractivity contribution in [1.82, 2.24) is 9.78 Å². The molecule has 19 heavy (non-hydrogen) atoms. The van der Waals surface area contributed by atoms with E-state index in [1.165, 1.54) is 22.3 Å². The predicted octanol–water partition coefficient (Wildman–Crippen LogP) is 2.84. The summed E-state index contributed by atoms with van der Waals surface area (Å²) in [4.78, 5) is 0. The summed E-state index contributed by atoms with van der Waals surface area (Å²) >= 11 is 0. The molecule has 0 fully saturated rings.